The molecule has 0 aromatic carbocycles. The summed E-state index contributed by atoms with van der Waals surface area (Å²) >= 11 is 0. The molecule has 9 heavy (non-hydrogen) atoms. The summed E-state index contributed by atoms with van der Waals surface area (Å²) in [5.74, 6) is 0. The molecule has 0 aromatic rings. The van der Waals surface area contributed by atoms with Gasteiger partial charge < -0.3 is 14.9 Å². The van der Waals surface area contributed by atoms with Crippen LogP contribution in [-0.4, -0.2) is 36.6 Å². The van der Waals surface area contributed by atoms with E-state index in [1.807, 2.05) is 0 Å². The van der Waals surface area contributed by atoms with Crippen LogP contribution in [0.15, 0.2) is 0 Å². The number of ether oxygens (including phenoxy) is 1. The molecule has 0 bridgehead atoms. The van der Waals surface area contributed by atoms with Crippen molar-refractivity contribution in [2.24, 2.45) is 0 Å². The van der Waals surface area contributed by atoms with Gasteiger partial charge in [-0.05, 0) is 0 Å². The Morgan fingerprint density at radius 3 is 1.33 bits per heavy atom. The molecule has 0 atom stereocenters. The summed E-state index contributed by atoms with van der Waals surface area (Å²) in [4.78, 5) is 0. The zero-order valence-electron chi connectivity index (χ0n) is 5.29. The molecule has 1 fully saturated rings. The quantitative estimate of drug-likeness (QED) is 0.364. The lowest BCUT2D eigenvalue weighted by Gasteiger charge is -1.70. The molecule has 0 radical (unpaired) electrons. The van der Waals surface area contributed by atoms with E-state index in [0.29, 0.717) is 0 Å². The summed E-state index contributed by atoms with van der Waals surface area (Å²) in [7, 11) is 0. The van der Waals surface area contributed by atoms with Crippen LogP contribution in [0.5, 0.6) is 0 Å². The second kappa shape index (κ2) is 15.7. The number of terminal acetylenes is 1. The first-order valence-electron chi connectivity index (χ1n) is 2.54. The van der Waals surface area contributed by atoms with Crippen LogP contribution in [0, 0.1) is 12.8 Å². The van der Waals surface area contributed by atoms with Gasteiger partial charge in [0, 0.05) is 0 Å². The third-order valence-electron chi connectivity index (χ3n) is 0.304. The van der Waals surface area contributed by atoms with E-state index < -0.39 is 0 Å². The fourth-order valence-corrected chi connectivity index (χ4v) is 0. The minimum atomic E-state index is -0.125. The third kappa shape index (κ3) is 106. The second-order valence-electron chi connectivity index (χ2n) is 1.06. The molecule has 1 aliphatic heterocycles. The van der Waals surface area contributed by atoms with Gasteiger partial charge in [-0.2, -0.15) is 0 Å². The Hall–Kier alpha value is -0.560. The van der Waals surface area contributed by atoms with Crippen LogP contribution in [0.4, 0.5) is 0 Å². The second-order valence-corrected chi connectivity index (χ2v) is 1.06. The summed E-state index contributed by atoms with van der Waals surface area (Å²) in [6.07, 6.45) is 8.00. The average molecular weight is 132 g/mol. The highest BCUT2D eigenvalue weighted by Crippen LogP contribution is 1.84. The molecule has 0 aromatic heterocycles. The van der Waals surface area contributed by atoms with Gasteiger partial charge in [-0.25, -0.2) is 0 Å². The van der Waals surface area contributed by atoms with Gasteiger partial charge in [0.2, 0.25) is 0 Å². The van der Waals surface area contributed by atoms with Crippen molar-refractivity contribution in [2.75, 3.05) is 26.4 Å². The van der Waals surface area contributed by atoms with E-state index in [2.05, 4.69) is 17.6 Å². The van der Waals surface area contributed by atoms with E-state index in [1.165, 1.54) is 0 Å². The maximum Gasteiger partial charge on any atom is 0.0701 e. The maximum absolute atomic E-state index is 7.62. The highest BCUT2D eigenvalue weighted by atomic mass is 16.6. The first-order chi connectivity index (χ1) is 4.41. The van der Waals surface area contributed by atoms with Crippen LogP contribution in [-0.2, 0) is 4.74 Å². The number of rotatable bonds is 1. The molecule has 3 nitrogen and oxygen atoms in total. The molecule has 54 valence electrons. The van der Waals surface area contributed by atoms with Crippen molar-refractivity contribution in [1.29, 1.82) is 0 Å². The summed E-state index contributed by atoms with van der Waals surface area (Å²) in [5.41, 5.74) is 0. The maximum atomic E-state index is 7.62. The Labute approximate surface area is 55.3 Å². The van der Waals surface area contributed by atoms with E-state index in [1.54, 1.807) is 0 Å². The van der Waals surface area contributed by atoms with E-state index in [-0.39, 0.29) is 13.2 Å². The Morgan fingerprint density at radius 2 is 1.33 bits per heavy atom. The summed E-state index contributed by atoms with van der Waals surface area (Å²) in [6.45, 7) is 1.75. The molecule has 3 heteroatoms. The highest BCUT2D eigenvalue weighted by molar-refractivity contribution is 4.47. The van der Waals surface area contributed by atoms with Crippen molar-refractivity contribution in [3.8, 4) is 12.8 Å². The van der Waals surface area contributed by atoms with Crippen molar-refractivity contribution in [3.05, 3.63) is 0 Å². The standard InChI is InChI=1S/C2H6O2.C2H4O.C2H2/c3-1-2-4;1-2-3-1;1-2/h3-4H,1-2H2;1-2H2;1-2H. The van der Waals surface area contributed by atoms with Gasteiger partial charge in [-0.3, -0.25) is 0 Å². The van der Waals surface area contributed by atoms with Crippen LogP contribution in [0.3, 0.4) is 0 Å². The number of aliphatic hydroxyl groups is 2. The van der Waals surface area contributed by atoms with Gasteiger partial charge in [-0.15, -0.1) is 12.8 Å². The van der Waals surface area contributed by atoms with Gasteiger partial charge >= 0.3 is 0 Å². The van der Waals surface area contributed by atoms with Crippen molar-refractivity contribution < 1.29 is 14.9 Å². The molecular formula is C6H12O3. The van der Waals surface area contributed by atoms with Crippen LogP contribution in [0.25, 0.3) is 0 Å². The van der Waals surface area contributed by atoms with E-state index in [4.69, 9.17) is 10.2 Å². The number of hydrogen-bond acceptors (Lipinski definition) is 3. The first-order valence-corrected chi connectivity index (χ1v) is 2.54. The zero-order valence-corrected chi connectivity index (χ0v) is 5.29. The van der Waals surface area contributed by atoms with Crippen LogP contribution < -0.4 is 0 Å². The van der Waals surface area contributed by atoms with Gasteiger partial charge in [-0.1, -0.05) is 0 Å². The summed E-state index contributed by atoms with van der Waals surface area (Å²) < 4.78 is 4.50. The van der Waals surface area contributed by atoms with Crippen molar-refractivity contribution in [2.45, 2.75) is 0 Å². The smallest absolute Gasteiger partial charge is 0.0701 e. The van der Waals surface area contributed by atoms with Gasteiger partial charge in [0.05, 0.1) is 26.4 Å². The molecule has 1 aliphatic rings. The highest BCUT2D eigenvalue weighted by Gasteiger charge is 1.94. The van der Waals surface area contributed by atoms with E-state index in [9.17, 15) is 0 Å². The molecular weight excluding hydrogens is 120 g/mol. The Bertz CT molecular complexity index is 44.8. The van der Waals surface area contributed by atoms with Crippen molar-refractivity contribution in [3.63, 3.8) is 0 Å². The van der Waals surface area contributed by atoms with Gasteiger partial charge in [0.25, 0.3) is 0 Å². The van der Waals surface area contributed by atoms with Gasteiger partial charge in [0.15, 0.2) is 0 Å². The largest absolute Gasteiger partial charge is 0.394 e. The summed E-state index contributed by atoms with van der Waals surface area (Å²) in [6, 6.07) is 0. The Kier molecular flexibility index (Phi) is 19.6. The monoisotopic (exact) mass is 132 g/mol. The molecule has 0 amide bonds. The molecule has 1 rings (SSSR count). The van der Waals surface area contributed by atoms with Gasteiger partial charge in [0.1, 0.15) is 0 Å². The number of hydrogen-bond donors (Lipinski definition) is 2. The lowest BCUT2D eigenvalue weighted by Crippen LogP contribution is -1.85. The molecule has 1 saturated heterocycles. The van der Waals surface area contributed by atoms with E-state index in [0.717, 1.165) is 13.2 Å². The zero-order chi connectivity index (χ0) is 7.54. The minimum absolute atomic E-state index is 0.125. The van der Waals surface area contributed by atoms with E-state index >= 15 is 0 Å². The fraction of sp³-hybridized carbons (Fsp3) is 0.667. The minimum Gasteiger partial charge on any atom is -0.394 e. The predicted octanol–water partition coefficient (Wildman–Crippen LogP) is -0.763. The molecule has 0 aliphatic carbocycles. The normalized spacial score (nSPS) is 11.6. The lowest BCUT2D eigenvalue weighted by molar-refractivity contribution is 0.186. The SMILES string of the molecule is C#C.C1CO1.OCCO. The van der Waals surface area contributed by atoms with Crippen LogP contribution in [0.2, 0.25) is 0 Å². The Balaban J connectivity index is 0. The first kappa shape index (κ1) is 11.3. The number of epoxide rings is 1. The fourth-order valence-electron chi connectivity index (χ4n) is 0. The van der Waals surface area contributed by atoms with Crippen LogP contribution >= 0.6 is 0 Å². The molecule has 0 unspecified atom stereocenters. The summed E-state index contributed by atoms with van der Waals surface area (Å²) in [5, 5.41) is 15.2. The Morgan fingerprint density at radius 1 is 1.11 bits per heavy atom. The molecule has 2 N–H and O–H groups in total. The number of aliphatic hydroxyl groups excluding tert-OH is 2. The lowest BCUT2D eigenvalue weighted by atomic mass is 10.8. The average Bonchev–Trinajstić information content (AvgIpc) is 2.77. The predicted molar refractivity (Wildman–Crippen MR) is 34.9 cm³/mol. The van der Waals surface area contributed by atoms with Crippen molar-refractivity contribution >= 4 is 0 Å². The molecule has 1 heterocycles. The van der Waals surface area contributed by atoms with Crippen molar-refractivity contribution in [1.82, 2.24) is 0 Å². The molecule has 0 spiro atoms. The molecule has 0 saturated carbocycles. The third-order valence-corrected chi connectivity index (χ3v) is 0.304. The topological polar surface area (TPSA) is 53.0 Å². The van der Waals surface area contributed by atoms with Crippen LogP contribution in [0.1, 0.15) is 0 Å².